The van der Waals surface area contributed by atoms with Crippen molar-refractivity contribution in [1.82, 2.24) is 10.1 Å². The average Bonchev–Trinajstić information content (AvgIpc) is 3.26. The number of ether oxygens (including phenoxy) is 2. The number of hydrogen-bond acceptors (Lipinski definition) is 5. The molecule has 1 amide bonds. The number of amides is 1. The van der Waals surface area contributed by atoms with Gasteiger partial charge in [0.05, 0.1) is 19.8 Å². The molecule has 1 aliphatic rings. The lowest BCUT2D eigenvalue weighted by molar-refractivity contribution is 0.0540. The van der Waals surface area contributed by atoms with Crippen molar-refractivity contribution in [3.8, 4) is 17.0 Å². The lowest BCUT2D eigenvalue weighted by Crippen LogP contribution is -2.45. The molecule has 24 heavy (non-hydrogen) atoms. The third kappa shape index (κ3) is 3.28. The zero-order valence-corrected chi connectivity index (χ0v) is 14.2. The summed E-state index contributed by atoms with van der Waals surface area (Å²) in [6.45, 7) is 5.25. The second-order valence-electron chi connectivity index (χ2n) is 6.13. The van der Waals surface area contributed by atoms with Crippen LogP contribution in [0.2, 0.25) is 0 Å². The van der Waals surface area contributed by atoms with Crippen LogP contribution in [0.1, 0.15) is 30.8 Å². The Balaban J connectivity index is 1.84. The second-order valence-corrected chi connectivity index (χ2v) is 6.13. The second kappa shape index (κ2) is 7.05. The van der Waals surface area contributed by atoms with Crippen molar-refractivity contribution >= 4 is 5.91 Å². The van der Waals surface area contributed by atoms with E-state index in [2.05, 4.69) is 5.16 Å². The quantitative estimate of drug-likeness (QED) is 0.843. The smallest absolute Gasteiger partial charge is 0.293 e. The molecule has 1 aromatic carbocycles. The van der Waals surface area contributed by atoms with Gasteiger partial charge in [0, 0.05) is 24.3 Å². The molecule has 1 saturated heterocycles. The fourth-order valence-electron chi connectivity index (χ4n) is 2.99. The first kappa shape index (κ1) is 16.5. The van der Waals surface area contributed by atoms with Gasteiger partial charge in [0.25, 0.3) is 5.91 Å². The highest BCUT2D eigenvalue weighted by atomic mass is 16.5. The van der Waals surface area contributed by atoms with Gasteiger partial charge in [0.1, 0.15) is 11.4 Å². The van der Waals surface area contributed by atoms with Gasteiger partial charge >= 0.3 is 0 Å². The monoisotopic (exact) mass is 330 g/mol. The maximum atomic E-state index is 12.9. The molecule has 6 heteroatoms. The van der Waals surface area contributed by atoms with Crippen LogP contribution < -0.4 is 4.74 Å². The number of benzene rings is 1. The Morgan fingerprint density at radius 1 is 1.38 bits per heavy atom. The summed E-state index contributed by atoms with van der Waals surface area (Å²) in [6, 6.07) is 9.33. The molecule has 0 aliphatic carbocycles. The average molecular weight is 330 g/mol. The third-order valence-electron chi connectivity index (χ3n) is 4.18. The van der Waals surface area contributed by atoms with E-state index in [4.69, 9.17) is 14.0 Å². The van der Waals surface area contributed by atoms with E-state index in [9.17, 15) is 4.79 Å². The number of nitrogens with zero attached hydrogens (tertiary/aromatic N) is 2. The molecule has 1 aromatic heterocycles. The Bertz CT molecular complexity index is 705. The third-order valence-corrected chi connectivity index (χ3v) is 4.18. The molecular weight excluding hydrogens is 308 g/mol. The maximum Gasteiger partial charge on any atom is 0.293 e. The molecule has 2 heterocycles. The van der Waals surface area contributed by atoms with Crippen molar-refractivity contribution in [2.75, 3.05) is 20.3 Å². The summed E-state index contributed by atoms with van der Waals surface area (Å²) in [5.74, 6) is 0.825. The predicted octanol–water partition coefficient (Wildman–Crippen LogP) is 2.99. The van der Waals surface area contributed by atoms with Gasteiger partial charge in [-0.15, -0.1) is 0 Å². The molecule has 0 radical (unpaired) electrons. The standard InChI is InChI=1S/C18H22N2O4/c1-12(2)20(14-7-8-23-11-14)18(21)17-10-16(19-24-17)13-5-4-6-15(9-13)22-3/h4-6,9-10,12,14H,7-8,11H2,1-3H3. The number of carbonyl (C=O) groups is 1. The summed E-state index contributed by atoms with van der Waals surface area (Å²) in [5, 5.41) is 4.04. The first-order chi connectivity index (χ1) is 11.6. The van der Waals surface area contributed by atoms with Crippen LogP contribution >= 0.6 is 0 Å². The van der Waals surface area contributed by atoms with Crippen molar-refractivity contribution in [3.63, 3.8) is 0 Å². The largest absolute Gasteiger partial charge is 0.497 e. The van der Waals surface area contributed by atoms with Crippen LogP contribution in [0.4, 0.5) is 0 Å². The summed E-state index contributed by atoms with van der Waals surface area (Å²) in [7, 11) is 1.61. The Hall–Kier alpha value is -2.34. The van der Waals surface area contributed by atoms with Crippen LogP contribution in [-0.2, 0) is 4.74 Å². The highest BCUT2D eigenvalue weighted by Gasteiger charge is 2.32. The molecular formula is C18H22N2O4. The molecule has 0 saturated carbocycles. The normalized spacial score (nSPS) is 17.2. The molecule has 3 rings (SSSR count). The minimum Gasteiger partial charge on any atom is -0.497 e. The molecule has 6 nitrogen and oxygen atoms in total. The van der Waals surface area contributed by atoms with E-state index in [1.807, 2.05) is 43.0 Å². The van der Waals surface area contributed by atoms with Crippen LogP contribution in [0.5, 0.6) is 5.75 Å². The van der Waals surface area contributed by atoms with E-state index in [1.165, 1.54) is 0 Å². The summed E-state index contributed by atoms with van der Waals surface area (Å²) < 4.78 is 16.0. The van der Waals surface area contributed by atoms with Crippen molar-refractivity contribution in [2.45, 2.75) is 32.4 Å². The van der Waals surface area contributed by atoms with Gasteiger partial charge in [-0.25, -0.2) is 0 Å². The zero-order valence-electron chi connectivity index (χ0n) is 14.2. The molecule has 0 spiro atoms. The van der Waals surface area contributed by atoms with E-state index in [0.29, 0.717) is 18.9 Å². The molecule has 2 aromatic rings. The Morgan fingerprint density at radius 2 is 2.21 bits per heavy atom. The lowest BCUT2D eigenvalue weighted by Gasteiger charge is -2.30. The Morgan fingerprint density at radius 3 is 2.88 bits per heavy atom. The van der Waals surface area contributed by atoms with E-state index >= 15 is 0 Å². The zero-order chi connectivity index (χ0) is 17.1. The van der Waals surface area contributed by atoms with E-state index < -0.39 is 0 Å². The van der Waals surface area contributed by atoms with Crippen molar-refractivity contribution in [3.05, 3.63) is 36.1 Å². The van der Waals surface area contributed by atoms with Gasteiger partial charge in [-0.2, -0.15) is 0 Å². The fraction of sp³-hybridized carbons (Fsp3) is 0.444. The van der Waals surface area contributed by atoms with Crippen LogP contribution in [-0.4, -0.2) is 48.4 Å². The molecule has 1 fully saturated rings. The van der Waals surface area contributed by atoms with Gasteiger partial charge in [-0.1, -0.05) is 17.3 Å². The Kier molecular flexibility index (Phi) is 4.85. The summed E-state index contributed by atoms with van der Waals surface area (Å²) in [6.07, 6.45) is 0.848. The van der Waals surface area contributed by atoms with E-state index in [-0.39, 0.29) is 23.8 Å². The van der Waals surface area contributed by atoms with Crippen LogP contribution in [0.15, 0.2) is 34.9 Å². The number of methoxy groups -OCH3 is 1. The SMILES string of the molecule is COc1cccc(-c2cc(C(=O)N(C(C)C)C3CCOC3)on2)c1. The highest BCUT2D eigenvalue weighted by molar-refractivity contribution is 5.93. The number of rotatable bonds is 5. The number of aromatic nitrogens is 1. The minimum absolute atomic E-state index is 0.0644. The van der Waals surface area contributed by atoms with Crippen molar-refractivity contribution in [2.24, 2.45) is 0 Å². The molecule has 128 valence electrons. The van der Waals surface area contributed by atoms with Gasteiger partial charge in [0.2, 0.25) is 5.76 Å². The molecule has 1 aliphatic heterocycles. The summed E-state index contributed by atoms with van der Waals surface area (Å²) in [5.41, 5.74) is 1.46. The number of carbonyl (C=O) groups excluding carboxylic acids is 1. The van der Waals surface area contributed by atoms with Gasteiger partial charge < -0.3 is 18.9 Å². The van der Waals surface area contributed by atoms with Gasteiger partial charge in [-0.05, 0) is 32.4 Å². The van der Waals surface area contributed by atoms with Gasteiger partial charge in [-0.3, -0.25) is 4.79 Å². The topological polar surface area (TPSA) is 64.8 Å². The van der Waals surface area contributed by atoms with Crippen LogP contribution in [0.25, 0.3) is 11.3 Å². The summed E-state index contributed by atoms with van der Waals surface area (Å²) >= 11 is 0. The van der Waals surface area contributed by atoms with Crippen molar-refractivity contribution < 1.29 is 18.8 Å². The van der Waals surface area contributed by atoms with Crippen LogP contribution in [0.3, 0.4) is 0 Å². The minimum atomic E-state index is -0.151. The molecule has 0 N–H and O–H groups in total. The van der Waals surface area contributed by atoms with E-state index in [0.717, 1.165) is 17.7 Å². The van der Waals surface area contributed by atoms with Gasteiger partial charge in [0.15, 0.2) is 0 Å². The first-order valence-electron chi connectivity index (χ1n) is 8.11. The Labute approximate surface area is 141 Å². The highest BCUT2D eigenvalue weighted by Crippen LogP contribution is 2.25. The predicted molar refractivity (Wildman–Crippen MR) is 89.0 cm³/mol. The van der Waals surface area contributed by atoms with Crippen molar-refractivity contribution in [1.29, 1.82) is 0 Å². The fourth-order valence-corrected chi connectivity index (χ4v) is 2.99. The number of hydrogen-bond donors (Lipinski definition) is 0. The molecule has 0 bridgehead atoms. The van der Waals surface area contributed by atoms with Crippen LogP contribution in [0, 0.1) is 0 Å². The molecule has 1 unspecified atom stereocenters. The lowest BCUT2D eigenvalue weighted by atomic mass is 10.1. The molecule has 1 atom stereocenters. The van der Waals surface area contributed by atoms with E-state index in [1.54, 1.807) is 13.2 Å². The summed E-state index contributed by atoms with van der Waals surface area (Å²) in [4.78, 5) is 14.7. The first-order valence-corrected chi connectivity index (χ1v) is 8.11. The maximum absolute atomic E-state index is 12.9.